The monoisotopic (exact) mass is 313 g/mol. The number of fused-ring (bicyclic) bond motifs is 1. The van der Waals surface area contributed by atoms with E-state index in [1.54, 1.807) is 17.7 Å². The zero-order chi connectivity index (χ0) is 16.6. The molecule has 1 N–H and O–H groups in total. The van der Waals surface area contributed by atoms with Crippen LogP contribution in [0.4, 0.5) is 5.69 Å². The van der Waals surface area contributed by atoms with Crippen molar-refractivity contribution in [3.05, 3.63) is 41.3 Å². The molecule has 0 aliphatic heterocycles. The molecule has 6 nitrogen and oxygen atoms in total. The molecule has 2 aromatic heterocycles. The first-order valence-electron chi connectivity index (χ1n) is 7.47. The molecule has 120 valence electrons. The summed E-state index contributed by atoms with van der Waals surface area (Å²) in [6.45, 7) is 6.05. The molecule has 0 aliphatic carbocycles. The van der Waals surface area contributed by atoms with E-state index in [9.17, 15) is 4.79 Å². The molecule has 0 aliphatic rings. The summed E-state index contributed by atoms with van der Waals surface area (Å²) in [6, 6.07) is 7.36. The van der Waals surface area contributed by atoms with Crippen LogP contribution in [-0.4, -0.2) is 22.3 Å². The molecule has 23 heavy (non-hydrogen) atoms. The smallest absolute Gasteiger partial charge is 0.259 e. The Balaban J connectivity index is 1.92. The van der Waals surface area contributed by atoms with Gasteiger partial charge in [0.2, 0.25) is 5.88 Å². The lowest BCUT2D eigenvalue weighted by atomic mass is 10.2. The average Bonchev–Trinajstić information content (AvgIpc) is 2.99. The number of amides is 1. The van der Waals surface area contributed by atoms with Gasteiger partial charge < -0.3 is 14.5 Å². The largest absolute Gasteiger partial charge is 0.476 e. The number of ether oxygens (including phenoxy) is 1. The number of hydrogen-bond donors (Lipinski definition) is 1. The number of nitrogens with zero attached hydrogens (tertiary/aromatic N) is 2. The van der Waals surface area contributed by atoms with Crippen molar-refractivity contribution in [3.63, 3.8) is 0 Å². The fraction of sp³-hybridized carbons (Fsp3) is 0.294. The number of hydrogen-bond acceptors (Lipinski definition) is 4. The molecule has 3 rings (SSSR count). The van der Waals surface area contributed by atoms with Gasteiger partial charge in [-0.2, -0.15) is 0 Å². The van der Waals surface area contributed by atoms with Crippen molar-refractivity contribution >= 4 is 22.5 Å². The summed E-state index contributed by atoms with van der Waals surface area (Å²) in [7, 11) is 1.86. The third-order valence-electron chi connectivity index (χ3n) is 3.64. The number of aryl methyl sites for hydroxylation is 3. The van der Waals surface area contributed by atoms with Crippen molar-refractivity contribution in [2.24, 2.45) is 7.05 Å². The summed E-state index contributed by atoms with van der Waals surface area (Å²) < 4.78 is 12.7. The predicted molar refractivity (Wildman–Crippen MR) is 88.0 cm³/mol. The van der Waals surface area contributed by atoms with Crippen LogP contribution >= 0.6 is 0 Å². The number of aromatic nitrogens is 2. The van der Waals surface area contributed by atoms with Crippen LogP contribution in [0.5, 0.6) is 5.88 Å². The molecule has 0 saturated heterocycles. The highest BCUT2D eigenvalue weighted by atomic mass is 16.5. The molecule has 0 unspecified atom stereocenters. The number of nitrogens with one attached hydrogen (secondary N) is 1. The Bertz CT molecular complexity index is 877. The van der Waals surface area contributed by atoms with Crippen LogP contribution in [0.25, 0.3) is 10.9 Å². The minimum absolute atomic E-state index is 0.194. The number of furan rings is 1. The molecule has 1 aromatic carbocycles. The normalized spacial score (nSPS) is 11.0. The van der Waals surface area contributed by atoms with Crippen LogP contribution < -0.4 is 10.1 Å². The molecule has 0 saturated carbocycles. The summed E-state index contributed by atoms with van der Waals surface area (Å²) in [4.78, 5) is 12.4. The van der Waals surface area contributed by atoms with Crippen molar-refractivity contribution in [3.8, 4) is 5.88 Å². The first-order valence-corrected chi connectivity index (χ1v) is 7.47. The van der Waals surface area contributed by atoms with E-state index in [0.29, 0.717) is 35.3 Å². The summed E-state index contributed by atoms with van der Waals surface area (Å²) in [5.74, 6) is 1.70. The van der Waals surface area contributed by atoms with E-state index in [4.69, 9.17) is 9.15 Å². The molecule has 1 amide bonds. The quantitative estimate of drug-likeness (QED) is 0.801. The molecule has 3 aromatic rings. The molecule has 0 atom stereocenters. The van der Waals surface area contributed by atoms with E-state index in [-0.39, 0.29) is 5.91 Å². The van der Waals surface area contributed by atoms with Gasteiger partial charge in [0.05, 0.1) is 23.1 Å². The fourth-order valence-electron chi connectivity index (χ4n) is 2.61. The van der Waals surface area contributed by atoms with Gasteiger partial charge in [-0.25, -0.2) is 0 Å². The first kappa shape index (κ1) is 15.1. The minimum Gasteiger partial charge on any atom is -0.476 e. The van der Waals surface area contributed by atoms with Gasteiger partial charge in [-0.15, -0.1) is 5.10 Å². The third-order valence-corrected chi connectivity index (χ3v) is 3.64. The Morgan fingerprint density at radius 3 is 2.78 bits per heavy atom. The van der Waals surface area contributed by atoms with Crippen molar-refractivity contribution in [1.82, 2.24) is 9.78 Å². The summed E-state index contributed by atoms with van der Waals surface area (Å²) in [5.41, 5.74) is 2.18. The standard InChI is InChI=1S/C17H19N3O3/c1-5-22-17-14-9-12(6-7-15(14)20(4)19-17)18-16(21)13-8-10(2)23-11(13)3/h6-9H,5H2,1-4H3,(H,18,21). The van der Waals surface area contributed by atoms with Crippen molar-refractivity contribution in [2.75, 3.05) is 11.9 Å². The molecule has 0 radical (unpaired) electrons. The molecule has 2 heterocycles. The van der Waals surface area contributed by atoms with Crippen molar-refractivity contribution < 1.29 is 13.9 Å². The molecule has 0 fully saturated rings. The van der Waals surface area contributed by atoms with Gasteiger partial charge in [0, 0.05) is 12.7 Å². The average molecular weight is 313 g/mol. The zero-order valence-electron chi connectivity index (χ0n) is 13.6. The van der Waals surface area contributed by atoms with E-state index in [2.05, 4.69) is 10.4 Å². The number of carbonyl (C=O) groups excluding carboxylic acids is 1. The maximum Gasteiger partial charge on any atom is 0.259 e. The summed E-state index contributed by atoms with van der Waals surface area (Å²) in [5, 5.41) is 8.10. The summed E-state index contributed by atoms with van der Waals surface area (Å²) >= 11 is 0. The van der Waals surface area contributed by atoms with Crippen LogP contribution in [0, 0.1) is 13.8 Å². The number of anilines is 1. The Hall–Kier alpha value is -2.76. The Morgan fingerprint density at radius 2 is 2.13 bits per heavy atom. The van der Waals surface area contributed by atoms with Gasteiger partial charge in [0.1, 0.15) is 11.5 Å². The van der Waals surface area contributed by atoms with Gasteiger partial charge in [0.15, 0.2) is 0 Å². The van der Waals surface area contributed by atoms with E-state index in [0.717, 1.165) is 10.9 Å². The van der Waals surface area contributed by atoms with E-state index in [1.165, 1.54) is 0 Å². The Kier molecular flexibility index (Phi) is 3.82. The summed E-state index contributed by atoms with van der Waals surface area (Å²) in [6.07, 6.45) is 0. The first-order chi connectivity index (χ1) is 11.0. The van der Waals surface area contributed by atoms with E-state index < -0.39 is 0 Å². The second kappa shape index (κ2) is 5.79. The number of carbonyl (C=O) groups is 1. The lowest BCUT2D eigenvalue weighted by Crippen LogP contribution is -2.12. The molecule has 6 heteroatoms. The minimum atomic E-state index is -0.194. The predicted octanol–water partition coefficient (Wildman–Crippen LogP) is 3.43. The molecular weight excluding hydrogens is 294 g/mol. The molecule has 0 spiro atoms. The topological polar surface area (TPSA) is 69.3 Å². The second-order valence-corrected chi connectivity index (χ2v) is 5.37. The number of rotatable bonds is 4. The van der Waals surface area contributed by atoms with E-state index in [1.807, 2.05) is 39.1 Å². The lowest BCUT2D eigenvalue weighted by Gasteiger charge is -2.05. The SMILES string of the molecule is CCOc1nn(C)c2ccc(NC(=O)c3cc(C)oc3C)cc12. The van der Waals surface area contributed by atoms with Gasteiger partial charge >= 0.3 is 0 Å². The maximum atomic E-state index is 12.4. The zero-order valence-corrected chi connectivity index (χ0v) is 13.6. The Morgan fingerprint density at radius 1 is 1.35 bits per heavy atom. The van der Waals surface area contributed by atoms with Crippen LogP contribution in [0.1, 0.15) is 28.8 Å². The van der Waals surface area contributed by atoms with Crippen LogP contribution in [0.2, 0.25) is 0 Å². The van der Waals surface area contributed by atoms with Gasteiger partial charge in [0.25, 0.3) is 5.91 Å². The maximum absolute atomic E-state index is 12.4. The highest BCUT2D eigenvalue weighted by molar-refractivity contribution is 6.06. The van der Waals surface area contributed by atoms with Crippen molar-refractivity contribution in [2.45, 2.75) is 20.8 Å². The van der Waals surface area contributed by atoms with Crippen LogP contribution in [0.15, 0.2) is 28.7 Å². The van der Waals surface area contributed by atoms with Crippen LogP contribution in [-0.2, 0) is 7.05 Å². The van der Waals surface area contributed by atoms with E-state index >= 15 is 0 Å². The highest BCUT2D eigenvalue weighted by Crippen LogP contribution is 2.28. The Labute approximate surface area is 134 Å². The van der Waals surface area contributed by atoms with Gasteiger partial charge in [-0.3, -0.25) is 9.48 Å². The number of benzene rings is 1. The lowest BCUT2D eigenvalue weighted by molar-refractivity contribution is 0.102. The second-order valence-electron chi connectivity index (χ2n) is 5.37. The van der Waals surface area contributed by atoms with Gasteiger partial charge in [-0.05, 0) is 45.0 Å². The third kappa shape index (κ3) is 2.79. The van der Waals surface area contributed by atoms with Crippen LogP contribution in [0.3, 0.4) is 0 Å². The van der Waals surface area contributed by atoms with Gasteiger partial charge in [-0.1, -0.05) is 0 Å². The fourth-order valence-corrected chi connectivity index (χ4v) is 2.61. The molecule has 0 bridgehead atoms. The molecular formula is C17H19N3O3. The highest BCUT2D eigenvalue weighted by Gasteiger charge is 2.15. The van der Waals surface area contributed by atoms with Crippen molar-refractivity contribution in [1.29, 1.82) is 0 Å².